The number of nitrogens with zero attached hydrogens (tertiary/aromatic N) is 3. The van der Waals surface area contributed by atoms with Gasteiger partial charge >= 0.3 is 0 Å². The van der Waals surface area contributed by atoms with Crippen LogP contribution in [0.25, 0.3) is 0 Å². The molecule has 1 unspecified atom stereocenters. The van der Waals surface area contributed by atoms with E-state index in [1.54, 1.807) is 4.68 Å². The van der Waals surface area contributed by atoms with Crippen LogP contribution in [0, 0.1) is 6.92 Å². The lowest BCUT2D eigenvalue weighted by molar-refractivity contribution is 0.545. The number of nitrogens with two attached hydrogens (primary N) is 1. The average molecular weight is 310 g/mol. The Labute approximate surface area is 114 Å². The molecule has 0 bridgehead atoms. The minimum Gasteiger partial charge on any atom is -0.271 e. The van der Waals surface area contributed by atoms with Crippen LogP contribution in [0.1, 0.15) is 22.9 Å². The molecule has 0 aliphatic heterocycles. The molecule has 0 amide bonds. The zero-order chi connectivity index (χ0) is 13.1. The van der Waals surface area contributed by atoms with E-state index in [2.05, 4.69) is 56.8 Å². The highest BCUT2D eigenvalue weighted by Gasteiger charge is 2.13. The summed E-state index contributed by atoms with van der Waals surface area (Å²) in [6.07, 6.45) is 2.60. The highest BCUT2D eigenvalue weighted by atomic mass is 79.9. The summed E-state index contributed by atoms with van der Waals surface area (Å²) in [5.74, 6) is 5.63. The standard InChI is InChI=1S/C12H16BrN5/c1-8-3-4-9(5-11(8)13)12(15-14)6-10-7-18(2)17-16-10/h3-5,7,12,15H,6,14H2,1-2H3. The van der Waals surface area contributed by atoms with E-state index in [1.165, 1.54) is 5.56 Å². The number of aromatic nitrogens is 3. The lowest BCUT2D eigenvalue weighted by Gasteiger charge is -2.15. The number of hydrazine groups is 1. The van der Waals surface area contributed by atoms with E-state index in [0.717, 1.165) is 15.7 Å². The van der Waals surface area contributed by atoms with Gasteiger partial charge in [-0.2, -0.15) is 0 Å². The highest BCUT2D eigenvalue weighted by Crippen LogP contribution is 2.23. The fraction of sp³-hybridized carbons (Fsp3) is 0.333. The molecule has 96 valence electrons. The Kier molecular flexibility index (Phi) is 4.11. The zero-order valence-corrected chi connectivity index (χ0v) is 12.0. The molecular formula is C12H16BrN5. The fourth-order valence-electron chi connectivity index (χ4n) is 1.80. The lowest BCUT2D eigenvalue weighted by Crippen LogP contribution is -2.29. The van der Waals surface area contributed by atoms with Crippen molar-refractivity contribution in [2.45, 2.75) is 19.4 Å². The second-order valence-electron chi connectivity index (χ2n) is 4.32. The van der Waals surface area contributed by atoms with Crippen LogP contribution in [0.4, 0.5) is 0 Å². The first-order valence-corrected chi connectivity index (χ1v) is 6.47. The Morgan fingerprint density at radius 2 is 2.28 bits per heavy atom. The summed E-state index contributed by atoms with van der Waals surface area (Å²) in [6, 6.07) is 6.25. The van der Waals surface area contributed by atoms with Crippen molar-refractivity contribution >= 4 is 15.9 Å². The van der Waals surface area contributed by atoms with Gasteiger partial charge in [0.15, 0.2) is 0 Å². The normalized spacial score (nSPS) is 12.7. The van der Waals surface area contributed by atoms with Gasteiger partial charge in [-0.05, 0) is 24.1 Å². The molecule has 5 nitrogen and oxygen atoms in total. The van der Waals surface area contributed by atoms with Crippen molar-refractivity contribution in [3.8, 4) is 0 Å². The van der Waals surface area contributed by atoms with Crippen LogP contribution >= 0.6 is 15.9 Å². The Bertz CT molecular complexity index is 537. The number of hydrogen-bond acceptors (Lipinski definition) is 4. The summed E-state index contributed by atoms with van der Waals surface area (Å²) in [5, 5.41) is 7.99. The second kappa shape index (κ2) is 5.60. The quantitative estimate of drug-likeness (QED) is 0.665. The third-order valence-corrected chi connectivity index (χ3v) is 3.72. The maximum absolute atomic E-state index is 5.63. The smallest absolute Gasteiger partial charge is 0.0846 e. The maximum atomic E-state index is 5.63. The van der Waals surface area contributed by atoms with E-state index in [9.17, 15) is 0 Å². The number of nitrogens with one attached hydrogen (secondary N) is 1. The van der Waals surface area contributed by atoms with E-state index >= 15 is 0 Å². The summed E-state index contributed by atoms with van der Waals surface area (Å²) >= 11 is 3.53. The Morgan fingerprint density at radius 3 is 2.83 bits per heavy atom. The minimum absolute atomic E-state index is 0.0265. The largest absolute Gasteiger partial charge is 0.271 e. The van der Waals surface area contributed by atoms with Crippen LogP contribution in [0.15, 0.2) is 28.9 Å². The van der Waals surface area contributed by atoms with Gasteiger partial charge in [0.05, 0.1) is 11.7 Å². The van der Waals surface area contributed by atoms with Crippen molar-refractivity contribution in [3.63, 3.8) is 0 Å². The number of halogens is 1. The summed E-state index contributed by atoms with van der Waals surface area (Å²) < 4.78 is 2.77. The van der Waals surface area contributed by atoms with Gasteiger partial charge in [-0.15, -0.1) is 5.10 Å². The molecule has 1 aromatic heterocycles. The van der Waals surface area contributed by atoms with E-state index < -0.39 is 0 Å². The third kappa shape index (κ3) is 2.95. The average Bonchev–Trinajstić information content (AvgIpc) is 2.75. The molecule has 1 atom stereocenters. The topological polar surface area (TPSA) is 68.8 Å². The van der Waals surface area contributed by atoms with Gasteiger partial charge in [0, 0.05) is 24.1 Å². The summed E-state index contributed by atoms with van der Waals surface area (Å²) in [4.78, 5) is 0. The number of aryl methyl sites for hydroxylation is 2. The SMILES string of the molecule is Cc1ccc(C(Cc2cn(C)nn2)NN)cc1Br. The molecule has 3 N–H and O–H groups in total. The molecule has 1 heterocycles. The van der Waals surface area contributed by atoms with Crippen LogP contribution in [-0.2, 0) is 13.5 Å². The van der Waals surface area contributed by atoms with Gasteiger partial charge in [0.1, 0.15) is 0 Å². The van der Waals surface area contributed by atoms with Crippen LogP contribution in [0.5, 0.6) is 0 Å². The molecule has 18 heavy (non-hydrogen) atoms. The summed E-state index contributed by atoms with van der Waals surface area (Å²) in [6.45, 7) is 2.06. The molecule has 0 saturated heterocycles. The molecule has 0 spiro atoms. The van der Waals surface area contributed by atoms with Gasteiger partial charge in [-0.3, -0.25) is 16.0 Å². The van der Waals surface area contributed by atoms with Gasteiger partial charge in [-0.25, -0.2) is 0 Å². The van der Waals surface area contributed by atoms with Gasteiger partial charge < -0.3 is 0 Å². The molecule has 2 aromatic rings. The first kappa shape index (κ1) is 13.2. The van der Waals surface area contributed by atoms with Gasteiger partial charge in [-0.1, -0.05) is 33.3 Å². The minimum atomic E-state index is 0.0265. The molecule has 6 heteroatoms. The molecule has 0 radical (unpaired) electrons. The Balaban J connectivity index is 2.19. The van der Waals surface area contributed by atoms with Crippen molar-refractivity contribution in [2.75, 3.05) is 0 Å². The van der Waals surface area contributed by atoms with Crippen LogP contribution in [0.2, 0.25) is 0 Å². The number of rotatable bonds is 4. The van der Waals surface area contributed by atoms with E-state index in [-0.39, 0.29) is 6.04 Å². The molecular weight excluding hydrogens is 294 g/mol. The van der Waals surface area contributed by atoms with Crippen molar-refractivity contribution < 1.29 is 0 Å². The predicted molar refractivity (Wildman–Crippen MR) is 73.7 cm³/mol. The number of hydrogen-bond donors (Lipinski definition) is 2. The molecule has 0 saturated carbocycles. The first-order valence-electron chi connectivity index (χ1n) is 5.67. The molecule has 0 aliphatic rings. The van der Waals surface area contributed by atoms with Crippen molar-refractivity contribution in [1.82, 2.24) is 20.4 Å². The Hall–Kier alpha value is -1.24. The lowest BCUT2D eigenvalue weighted by atomic mass is 10.0. The molecule has 2 rings (SSSR count). The fourth-order valence-corrected chi connectivity index (χ4v) is 2.19. The Morgan fingerprint density at radius 1 is 1.50 bits per heavy atom. The van der Waals surface area contributed by atoms with Crippen LogP contribution < -0.4 is 11.3 Å². The van der Waals surface area contributed by atoms with Crippen molar-refractivity contribution in [1.29, 1.82) is 0 Å². The summed E-state index contributed by atoms with van der Waals surface area (Å²) in [5.41, 5.74) is 6.07. The maximum Gasteiger partial charge on any atom is 0.0846 e. The van der Waals surface area contributed by atoms with E-state index in [4.69, 9.17) is 5.84 Å². The second-order valence-corrected chi connectivity index (χ2v) is 5.17. The molecule has 0 fully saturated rings. The first-order chi connectivity index (χ1) is 8.60. The van der Waals surface area contributed by atoms with Gasteiger partial charge in [0.25, 0.3) is 0 Å². The highest BCUT2D eigenvalue weighted by molar-refractivity contribution is 9.10. The zero-order valence-electron chi connectivity index (χ0n) is 10.4. The predicted octanol–water partition coefficient (Wildman–Crippen LogP) is 1.63. The number of benzene rings is 1. The monoisotopic (exact) mass is 309 g/mol. The van der Waals surface area contributed by atoms with Crippen LogP contribution in [-0.4, -0.2) is 15.0 Å². The van der Waals surface area contributed by atoms with Gasteiger partial charge in [0.2, 0.25) is 0 Å². The van der Waals surface area contributed by atoms with E-state index in [0.29, 0.717) is 6.42 Å². The van der Waals surface area contributed by atoms with Crippen molar-refractivity contribution in [2.24, 2.45) is 12.9 Å². The van der Waals surface area contributed by atoms with E-state index in [1.807, 2.05) is 13.2 Å². The van der Waals surface area contributed by atoms with Crippen molar-refractivity contribution in [3.05, 3.63) is 45.7 Å². The molecule has 1 aromatic carbocycles. The molecule has 0 aliphatic carbocycles. The third-order valence-electron chi connectivity index (χ3n) is 2.86. The van der Waals surface area contributed by atoms with Crippen LogP contribution in [0.3, 0.4) is 0 Å². The summed E-state index contributed by atoms with van der Waals surface area (Å²) in [7, 11) is 1.85.